The summed E-state index contributed by atoms with van der Waals surface area (Å²) in [7, 11) is 0. The van der Waals surface area contributed by atoms with Crippen molar-refractivity contribution >= 4 is 34.9 Å². The number of aliphatic hydroxyl groups excluding tert-OH is 1. The van der Waals surface area contributed by atoms with E-state index in [0.29, 0.717) is 22.3 Å². The lowest BCUT2D eigenvalue weighted by molar-refractivity contribution is 0.116. The van der Waals surface area contributed by atoms with Gasteiger partial charge in [-0.1, -0.05) is 37.0 Å². The van der Waals surface area contributed by atoms with E-state index in [1.54, 1.807) is 18.2 Å². The van der Waals surface area contributed by atoms with E-state index in [9.17, 15) is 9.90 Å². The Kier molecular flexibility index (Phi) is 6.59. The fourth-order valence-corrected chi connectivity index (χ4v) is 2.37. The Morgan fingerprint density at radius 3 is 2.20 bits per heavy atom. The average molecular weight is 319 g/mol. The number of benzene rings is 1. The minimum absolute atomic E-state index is 0.0449. The van der Waals surface area contributed by atoms with Gasteiger partial charge in [0.05, 0.1) is 6.61 Å². The topological polar surface area (TPSA) is 61.4 Å². The SMILES string of the molecule is CCC(CC)(CO)CNC(=O)Nc1cc(Cl)cc(Cl)c1. The van der Waals surface area contributed by atoms with Crippen LogP contribution < -0.4 is 10.6 Å². The molecule has 0 aliphatic heterocycles. The summed E-state index contributed by atoms with van der Waals surface area (Å²) in [5.41, 5.74) is 0.256. The number of carbonyl (C=O) groups excluding carboxylic acids is 1. The quantitative estimate of drug-likeness (QED) is 0.744. The van der Waals surface area contributed by atoms with Crippen LogP contribution in [0.4, 0.5) is 10.5 Å². The van der Waals surface area contributed by atoms with Crippen LogP contribution >= 0.6 is 23.2 Å². The highest BCUT2D eigenvalue weighted by Crippen LogP contribution is 2.25. The van der Waals surface area contributed by atoms with Crippen LogP contribution in [0, 0.1) is 5.41 Å². The van der Waals surface area contributed by atoms with Gasteiger partial charge < -0.3 is 15.7 Å². The number of hydrogen-bond acceptors (Lipinski definition) is 2. The predicted octanol–water partition coefficient (Wildman–Crippen LogP) is 3.91. The van der Waals surface area contributed by atoms with Crippen molar-refractivity contribution in [1.29, 1.82) is 0 Å². The van der Waals surface area contributed by atoms with Crippen LogP contribution in [0.5, 0.6) is 0 Å². The number of rotatable bonds is 6. The number of aliphatic hydroxyl groups is 1. The van der Waals surface area contributed by atoms with Crippen molar-refractivity contribution in [2.45, 2.75) is 26.7 Å². The number of carbonyl (C=O) groups is 1. The van der Waals surface area contributed by atoms with Crippen molar-refractivity contribution in [2.75, 3.05) is 18.5 Å². The highest BCUT2D eigenvalue weighted by Gasteiger charge is 2.25. The lowest BCUT2D eigenvalue weighted by atomic mass is 9.83. The first-order valence-corrected chi connectivity index (χ1v) is 7.32. The van der Waals surface area contributed by atoms with Gasteiger partial charge in [-0.3, -0.25) is 0 Å². The monoisotopic (exact) mass is 318 g/mol. The Morgan fingerprint density at radius 2 is 1.75 bits per heavy atom. The van der Waals surface area contributed by atoms with Crippen molar-refractivity contribution in [3.8, 4) is 0 Å². The fourth-order valence-electron chi connectivity index (χ4n) is 1.85. The maximum Gasteiger partial charge on any atom is 0.319 e. The molecule has 4 nitrogen and oxygen atoms in total. The molecule has 0 saturated carbocycles. The first-order chi connectivity index (χ1) is 9.44. The van der Waals surface area contributed by atoms with Crippen LogP contribution in [-0.4, -0.2) is 24.3 Å². The molecular weight excluding hydrogens is 299 g/mol. The summed E-state index contributed by atoms with van der Waals surface area (Å²) >= 11 is 11.7. The molecule has 1 aromatic rings. The number of anilines is 1. The number of halogens is 2. The van der Waals surface area contributed by atoms with Gasteiger partial charge in [-0.15, -0.1) is 0 Å². The third-order valence-electron chi connectivity index (χ3n) is 3.58. The summed E-state index contributed by atoms with van der Waals surface area (Å²) in [6, 6.07) is 4.48. The lowest BCUT2D eigenvalue weighted by Gasteiger charge is -2.29. The highest BCUT2D eigenvalue weighted by molar-refractivity contribution is 6.35. The number of nitrogens with one attached hydrogen (secondary N) is 2. The second-order valence-corrected chi connectivity index (χ2v) is 5.70. The van der Waals surface area contributed by atoms with E-state index in [-0.39, 0.29) is 18.1 Å². The van der Waals surface area contributed by atoms with Crippen LogP contribution in [0.1, 0.15) is 26.7 Å². The van der Waals surface area contributed by atoms with E-state index >= 15 is 0 Å². The third-order valence-corrected chi connectivity index (χ3v) is 4.02. The van der Waals surface area contributed by atoms with Crippen molar-refractivity contribution < 1.29 is 9.90 Å². The van der Waals surface area contributed by atoms with Gasteiger partial charge in [-0.25, -0.2) is 4.79 Å². The Morgan fingerprint density at radius 1 is 1.20 bits per heavy atom. The van der Waals surface area contributed by atoms with Gasteiger partial charge in [-0.05, 0) is 31.0 Å². The van der Waals surface area contributed by atoms with Crippen LogP contribution in [0.25, 0.3) is 0 Å². The molecule has 0 saturated heterocycles. The normalized spacial score (nSPS) is 11.2. The van der Waals surface area contributed by atoms with E-state index in [4.69, 9.17) is 23.2 Å². The van der Waals surface area contributed by atoms with Gasteiger partial charge in [0.15, 0.2) is 0 Å². The van der Waals surface area contributed by atoms with Crippen LogP contribution in [0.15, 0.2) is 18.2 Å². The molecule has 1 rings (SSSR count). The van der Waals surface area contributed by atoms with Gasteiger partial charge in [0.2, 0.25) is 0 Å². The van der Waals surface area contributed by atoms with Gasteiger partial charge in [0.1, 0.15) is 0 Å². The Labute approximate surface area is 129 Å². The molecule has 0 unspecified atom stereocenters. The molecule has 0 bridgehead atoms. The molecule has 20 heavy (non-hydrogen) atoms. The lowest BCUT2D eigenvalue weighted by Crippen LogP contribution is -2.41. The van der Waals surface area contributed by atoms with Crippen molar-refractivity contribution in [3.05, 3.63) is 28.2 Å². The minimum atomic E-state index is -0.344. The maximum absolute atomic E-state index is 11.8. The van der Waals surface area contributed by atoms with Crippen molar-refractivity contribution in [1.82, 2.24) is 5.32 Å². The summed E-state index contributed by atoms with van der Waals surface area (Å²) in [6.07, 6.45) is 1.59. The zero-order chi connectivity index (χ0) is 15.2. The molecule has 112 valence electrons. The maximum atomic E-state index is 11.8. The number of urea groups is 1. The van der Waals surface area contributed by atoms with Crippen LogP contribution in [-0.2, 0) is 0 Å². The smallest absolute Gasteiger partial charge is 0.319 e. The summed E-state index contributed by atoms with van der Waals surface area (Å²) in [4.78, 5) is 11.8. The van der Waals surface area contributed by atoms with E-state index in [1.807, 2.05) is 13.8 Å². The van der Waals surface area contributed by atoms with Crippen LogP contribution in [0.3, 0.4) is 0 Å². The first kappa shape index (κ1) is 17.1. The largest absolute Gasteiger partial charge is 0.396 e. The van der Waals surface area contributed by atoms with Gasteiger partial charge in [0.25, 0.3) is 0 Å². The zero-order valence-electron chi connectivity index (χ0n) is 11.7. The average Bonchev–Trinajstić information content (AvgIpc) is 2.40. The first-order valence-electron chi connectivity index (χ1n) is 6.56. The highest BCUT2D eigenvalue weighted by atomic mass is 35.5. The Bertz CT molecular complexity index is 434. The van der Waals surface area contributed by atoms with Crippen molar-refractivity contribution in [2.24, 2.45) is 5.41 Å². The van der Waals surface area contributed by atoms with E-state index < -0.39 is 0 Å². The molecule has 1 aromatic carbocycles. The summed E-state index contributed by atoms with van der Waals surface area (Å²) in [5, 5.41) is 15.8. The predicted molar refractivity (Wildman–Crippen MR) is 83.6 cm³/mol. The number of hydrogen-bond donors (Lipinski definition) is 3. The number of amides is 2. The van der Waals surface area contributed by atoms with Crippen molar-refractivity contribution in [3.63, 3.8) is 0 Å². The van der Waals surface area contributed by atoms with Gasteiger partial charge in [0, 0.05) is 27.7 Å². The molecule has 0 aliphatic rings. The molecule has 0 spiro atoms. The summed E-state index contributed by atoms with van der Waals surface area (Å²) < 4.78 is 0. The molecule has 0 aromatic heterocycles. The second-order valence-electron chi connectivity index (χ2n) is 4.83. The molecule has 6 heteroatoms. The zero-order valence-corrected chi connectivity index (χ0v) is 13.2. The third kappa shape index (κ3) is 4.85. The summed E-state index contributed by atoms with van der Waals surface area (Å²) in [5.74, 6) is 0. The molecule has 0 atom stereocenters. The molecule has 0 aliphatic carbocycles. The molecule has 0 heterocycles. The minimum Gasteiger partial charge on any atom is -0.396 e. The van der Waals surface area contributed by atoms with Crippen LogP contribution in [0.2, 0.25) is 10.0 Å². The summed E-state index contributed by atoms with van der Waals surface area (Å²) in [6.45, 7) is 4.45. The van der Waals surface area contributed by atoms with E-state index in [1.165, 1.54) is 0 Å². The molecule has 2 amide bonds. The van der Waals surface area contributed by atoms with Gasteiger partial charge >= 0.3 is 6.03 Å². The fraction of sp³-hybridized carbons (Fsp3) is 0.500. The molecule has 3 N–H and O–H groups in total. The standard InChI is InChI=1S/C14H20Cl2N2O2/c1-3-14(4-2,9-19)8-17-13(20)18-12-6-10(15)5-11(16)7-12/h5-7,19H,3-4,8-9H2,1-2H3,(H2,17,18,20). The molecule has 0 radical (unpaired) electrons. The second kappa shape index (κ2) is 7.72. The Hall–Kier alpha value is -0.970. The molecule has 0 fully saturated rings. The Balaban J connectivity index is 2.59. The van der Waals surface area contributed by atoms with E-state index in [2.05, 4.69) is 10.6 Å². The van der Waals surface area contributed by atoms with Gasteiger partial charge in [-0.2, -0.15) is 0 Å². The molecular formula is C14H20Cl2N2O2. The van der Waals surface area contributed by atoms with E-state index in [0.717, 1.165) is 12.8 Å².